The number of carbonyl (C=O) groups is 1. The molecule has 0 amide bonds. The van der Waals surface area contributed by atoms with Gasteiger partial charge in [0.1, 0.15) is 17.1 Å². The fourth-order valence-electron chi connectivity index (χ4n) is 4.06. The van der Waals surface area contributed by atoms with Crippen molar-refractivity contribution in [3.8, 4) is 21.9 Å². The van der Waals surface area contributed by atoms with Gasteiger partial charge in [-0.25, -0.2) is 14.5 Å². The molecule has 5 rings (SSSR count). The van der Waals surface area contributed by atoms with Crippen molar-refractivity contribution in [1.82, 2.24) is 14.8 Å². The van der Waals surface area contributed by atoms with Gasteiger partial charge in [-0.1, -0.05) is 26.0 Å². The number of nitrogens with zero attached hydrogens (tertiary/aromatic N) is 3. The quantitative estimate of drug-likeness (QED) is 0.277. The molecule has 0 spiro atoms. The molecule has 8 heteroatoms. The monoisotopic (exact) mass is 488 g/mol. The molecule has 0 aliphatic heterocycles. The molecule has 3 aromatic heterocycles. The van der Waals surface area contributed by atoms with E-state index in [4.69, 9.17) is 9.84 Å². The summed E-state index contributed by atoms with van der Waals surface area (Å²) >= 11 is 1.55. The highest BCUT2D eigenvalue weighted by Crippen LogP contribution is 2.30. The molecule has 0 unspecified atom stereocenters. The first-order chi connectivity index (χ1) is 17.0. The second-order valence-electron chi connectivity index (χ2n) is 9.23. The van der Waals surface area contributed by atoms with Crippen molar-refractivity contribution in [3.63, 3.8) is 0 Å². The Hall–Kier alpha value is -3.65. The molecule has 0 radical (unpaired) electrons. The number of benzene rings is 1. The fourth-order valence-corrected chi connectivity index (χ4v) is 4.77. The topological polar surface area (TPSA) is 89.3 Å². The van der Waals surface area contributed by atoms with Gasteiger partial charge in [0.15, 0.2) is 5.82 Å². The van der Waals surface area contributed by atoms with E-state index < -0.39 is 5.97 Å². The average Bonchev–Trinajstić information content (AvgIpc) is 3.47. The van der Waals surface area contributed by atoms with E-state index in [9.17, 15) is 9.90 Å². The van der Waals surface area contributed by atoms with Crippen molar-refractivity contribution in [2.24, 2.45) is 5.92 Å². The summed E-state index contributed by atoms with van der Waals surface area (Å²) < 4.78 is 7.99. The molecule has 1 aliphatic rings. The van der Waals surface area contributed by atoms with Gasteiger partial charge in [-0.2, -0.15) is 0 Å². The Morgan fingerprint density at radius 3 is 2.77 bits per heavy atom. The number of nitrogens with one attached hydrogen (secondary N) is 1. The molecular formula is C27H28N4O3S. The maximum atomic E-state index is 12.0. The van der Waals surface area contributed by atoms with E-state index in [0.29, 0.717) is 17.8 Å². The molecule has 3 heterocycles. The number of carboxylic acids is 1. The van der Waals surface area contributed by atoms with Crippen LogP contribution in [0.1, 0.15) is 49.2 Å². The van der Waals surface area contributed by atoms with Crippen molar-refractivity contribution in [2.45, 2.75) is 45.6 Å². The largest absolute Gasteiger partial charge is 0.490 e. The van der Waals surface area contributed by atoms with E-state index in [2.05, 4.69) is 24.1 Å². The van der Waals surface area contributed by atoms with Gasteiger partial charge in [0, 0.05) is 34.5 Å². The van der Waals surface area contributed by atoms with Crippen LogP contribution in [0.4, 0.5) is 11.6 Å². The van der Waals surface area contributed by atoms with Gasteiger partial charge in [-0.05, 0) is 61.2 Å². The van der Waals surface area contributed by atoms with Gasteiger partial charge in [0.2, 0.25) is 0 Å². The first-order valence-electron chi connectivity index (χ1n) is 11.9. The molecule has 0 atom stereocenters. The molecule has 35 heavy (non-hydrogen) atoms. The second-order valence-corrected chi connectivity index (χ2v) is 10.2. The number of hydrogen-bond donors (Lipinski definition) is 2. The Balaban J connectivity index is 1.46. The minimum atomic E-state index is -1.04. The lowest BCUT2D eigenvalue weighted by Gasteiger charge is -2.26. The summed E-state index contributed by atoms with van der Waals surface area (Å²) in [4.78, 5) is 17.4. The normalized spacial score (nSPS) is 13.6. The van der Waals surface area contributed by atoms with Crippen LogP contribution in [0.5, 0.6) is 5.75 Å². The molecule has 1 fully saturated rings. The van der Waals surface area contributed by atoms with E-state index >= 15 is 0 Å². The van der Waals surface area contributed by atoms with Crippen LogP contribution >= 0.6 is 11.3 Å². The lowest BCUT2D eigenvalue weighted by atomic mass is 9.96. The van der Waals surface area contributed by atoms with E-state index in [-0.39, 0.29) is 11.4 Å². The van der Waals surface area contributed by atoms with Crippen molar-refractivity contribution in [2.75, 3.05) is 5.32 Å². The summed E-state index contributed by atoms with van der Waals surface area (Å²) in [6, 6.07) is 15.5. The summed E-state index contributed by atoms with van der Waals surface area (Å²) in [5.41, 5.74) is 2.81. The highest BCUT2D eigenvalue weighted by Gasteiger charge is 2.20. The van der Waals surface area contributed by atoms with Gasteiger partial charge in [0.05, 0.1) is 11.8 Å². The number of aromatic nitrogens is 3. The zero-order valence-electron chi connectivity index (χ0n) is 19.8. The van der Waals surface area contributed by atoms with Crippen LogP contribution in [-0.2, 0) is 6.42 Å². The van der Waals surface area contributed by atoms with Crippen LogP contribution < -0.4 is 10.1 Å². The number of pyridine rings is 1. The van der Waals surface area contributed by atoms with E-state index in [0.717, 1.165) is 46.8 Å². The Morgan fingerprint density at radius 1 is 1.23 bits per heavy atom. The van der Waals surface area contributed by atoms with Crippen LogP contribution in [0.2, 0.25) is 0 Å². The third-order valence-electron chi connectivity index (χ3n) is 5.99. The molecule has 1 aromatic carbocycles. The molecule has 1 aliphatic carbocycles. The summed E-state index contributed by atoms with van der Waals surface area (Å²) in [6.07, 6.45) is 6.23. The number of carboxylic acid groups (broad SMARTS) is 1. The molecule has 0 saturated heterocycles. The smallest absolute Gasteiger partial charge is 0.339 e. The van der Waals surface area contributed by atoms with Crippen molar-refractivity contribution in [1.29, 1.82) is 0 Å². The van der Waals surface area contributed by atoms with Gasteiger partial charge in [-0.15, -0.1) is 16.4 Å². The number of aromatic carboxylic acids is 1. The number of anilines is 2. The fraction of sp³-hybridized carbons (Fsp3) is 0.296. The maximum absolute atomic E-state index is 12.0. The van der Waals surface area contributed by atoms with Crippen LogP contribution in [0.3, 0.4) is 0 Å². The number of hydrogen-bond acceptors (Lipinski definition) is 6. The van der Waals surface area contributed by atoms with Gasteiger partial charge in [-0.3, -0.25) is 0 Å². The number of thiophene rings is 1. The first-order valence-corrected chi connectivity index (χ1v) is 12.7. The van der Waals surface area contributed by atoms with Gasteiger partial charge < -0.3 is 15.2 Å². The Labute approximate surface area is 208 Å². The van der Waals surface area contributed by atoms with Gasteiger partial charge in [0.25, 0.3) is 0 Å². The first kappa shape index (κ1) is 23.1. The number of ether oxygens (including phenoxy) is 1. The van der Waals surface area contributed by atoms with E-state index in [1.165, 1.54) is 6.42 Å². The third-order valence-corrected chi connectivity index (χ3v) is 6.91. The zero-order chi connectivity index (χ0) is 24.4. The predicted molar refractivity (Wildman–Crippen MR) is 138 cm³/mol. The standard InChI is InChI=1S/C27H28N4O3S/c1-17(2)12-20-15-25(30-31(20)19-6-3-9-22(14-19)34-21-7-4-8-21)29-26-23(27(32)33)13-18(16-28-26)24-10-5-11-35-24/h3,5-6,9-11,13-17,21H,4,7-8,12H2,1-2H3,(H,32,33)(H,28,29,30). The molecule has 0 bridgehead atoms. The second kappa shape index (κ2) is 9.92. The lowest BCUT2D eigenvalue weighted by Crippen LogP contribution is -2.24. The average molecular weight is 489 g/mol. The lowest BCUT2D eigenvalue weighted by molar-refractivity contribution is 0.0697. The minimum absolute atomic E-state index is 0.103. The van der Waals surface area contributed by atoms with Crippen molar-refractivity contribution in [3.05, 3.63) is 71.4 Å². The predicted octanol–water partition coefficient (Wildman–Crippen LogP) is 6.57. The molecule has 2 N–H and O–H groups in total. The highest BCUT2D eigenvalue weighted by atomic mass is 32.1. The highest BCUT2D eigenvalue weighted by molar-refractivity contribution is 7.13. The zero-order valence-corrected chi connectivity index (χ0v) is 20.6. The van der Waals surface area contributed by atoms with Gasteiger partial charge >= 0.3 is 5.97 Å². The van der Waals surface area contributed by atoms with Crippen LogP contribution in [0.15, 0.2) is 60.1 Å². The summed E-state index contributed by atoms with van der Waals surface area (Å²) in [5, 5.41) is 19.7. The molecule has 180 valence electrons. The minimum Gasteiger partial charge on any atom is -0.490 e. The Bertz CT molecular complexity index is 1330. The van der Waals surface area contributed by atoms with E-state index in [1.54, 1.807) is 23.6 Å². The molecule has 4 aromatic rings. The van der Waals surface area contributed by atoms with Crippen molar-refractivity contribution >= 4 is 28.9 Å². The molecule has 7 nitrogen and oxygen atoms in total. The Morgan fingerprint density at radius 2 is 2.09 bits per heavy atom. The van der Waals surface area contributed by atoms with Crippen molar-refractivity contribution < 1.29 is 14.6 Å². The molecular weight excluding hydrogens is 460 g/mol. The summed E-state index contributed by atoms with van der Waals surface area (Å²) in [7, 11) is 0. The van der Waals surface area contributed by atoms with Crippen LogP contribution in [0.25, 0.3) is 16.1 Å². The van der Waals surface area contributed by atoms with Crippen LogP contribution in [0, 0.1) is 5.92 Å². The summed E-state index contributed by atoms with van der Waals surface area (Å²) in [6.45, 7) is 4.32. The Kier molecular flexibility index (Phi) is 6.55. The number of rotatable bonds is 9. The van der Waals surface area contributed by atoms with Crippen LogP contribution in [-0.4, -0.2) is 31.9 Å². The maximum Gasteiger partial charge on any atom is 0.339 e. The third kappa shape index (κ3) is 5.22. The van der Waals surface area contributed by atoms with E-state index in [1.807, 2.05) is 52.5 Å². The SMILES string of the molecule is CC(C)Cc1cc(Nc2ncc(-c3cccs3)cc2C(=O)O)nn1-c1cccc(OC2CCC2)c1. The summed E-state index contributed by atoms with van der Waals surface area (Å²) in [5.74, 6) is 1.03. The molecule has 1 saturated carbocycles.